The zero-order valence-corrected chi connectivity index (χ0v) is 18.3. The Labute approximate surface area is 196 Å². The zero-order valence-electron chi connectivity index (χ0n) is 18.3. The van der Waals surface area contributed by atoms with Crippen LogP contribution in [0.15, 0.2) is 116 Å². The van der Waals surface area contributed by atoms with Crippen LogP contribution in [0.5, 0.6) is 0 Å². The van der Waals surface area contributed by atoms with Gasteiger partial charge in [0.2, 0.25) is 0 Å². The lowest BCUT2D eigenvalue weighted by atomic mass is 9.89. The van der Waals surface area contributed by atoms with Crippen molar-refractivity contribution < 1.29 is 0 Å². The fraction of sp³-hybridized carbons (Fsp3) is 0. The second kappa shape index (κ2) is 7.46. The van der Waals surface area contributed by atoms with E-state index < -0.39 is 0 Å². The standard InChI is InChI=1S/C31H19N3/c1-3-16-32-26(8-1)28-18-23(19-29(34-28)27-9-2-4-17-33-27)24-14-12-22-11-10-20-6-5-7-21-13-15-25(24)31(22)30(20)21/h1-19H. The van der Waals surface area contributed by atoms with Crippen molar-refractivity contribution in [3.8, 4) is 33.9 Å². The fourth-order valence-electron chi connectivity index (χ4n) is 4.96. The first-order valence-electron chi connectivity index (χ1n) is 11.4. The van der Waals surface area contributed by atoms with Crippen LogP contribution in [-0.2, 0) is 0 Å². The molecule has 0 saturated carbocycles. The third-order valence-electron chi connectivity index (χ3n) is 6.52. The first-order chi connectivity index (χ1) is 16.8. The highest BCUT2D eigenvalue weighted by Crippen LogP contribution is 2.40. The lowest BCUT2D eigenvalue weighted by Crippen LogP contribution is -1.94. The fourth-order valence-corrected chi connectivity index (χ4v) is 4.96. The maximum Gasteiger partial charge on any atom is 0.0900 e. The maximum atomic E-state index is 4.94. The van der Waals surface area contributed by atoms with Gasteiger partial charge in [-0.2, -0.15) is 0 Å². The molecule has 4 aromatic carbocycles. The molecule has 158 valence electrons. The molecule has 3 aromatic heterocycles. The zero-order chi connectivity index (χ0) is 22.5. The highest BCUT2D eigenvalue weighted by molar-refractivity contribution is 6.25. The van der Waals surface area contributed by atoms with Crippen LogP contribution in [-0.4, -0.2) is 15.0 Å². The molecule has 0 saturated heterocycles. The molecule has 3 heterocycles. The predicted octanol–water partition coefficient (Wildman–Crippen LogP) is 7.77. The Kier molecular flexibility index (Phi) is 4.15. The molecule has 0 aliphatic heterocycles. The SMILES string of the molecule is c1ccc(-c2cc(-c3ccc4ccc5cccc6ccc3c4c56)cc(-c3ccccn3)n2)nc1. The van der Waals surface area contributed by atoms with Crippen molar-refractivity contribution in [1.82, 2.24) is 15.0 Å². The lowest BCUT2D eigenvalue weighted by Gasteiger charge is -2.15. The van der Waals surface area contributed by atoms with Gasteiger partial charge in [-0.15, -0.1) is 0 Å². The second-order valence-corrected chi connectivity index (χ2v) is 8.53. The van der Waals surface area contributed by atoms with Gasteiger partial charge >= 0.3 is 0 Å². The summed E-state index contributed by atoms with van der Waals surface area (Å²) in [5.74, 6) is 0. The molecule has 0 radical (unpaired) electrons. The molecule has 0 aliphatic carbocycles. The highest BCUT2D eigenvalue weighted by Gasteiger charge is 2.15. The molecule has 0 bridgehead atoms. The molecule has 7 aromatic rings. The average molecular weight is 434 g/mol. The van der Waals surface area contributed by atoms with Gasteiger partial charge in [0.1, 0.15) is 0 Å². The summed E-state index contributed by atoms with van der Waals surface area (Å²) in [5.41, 5.74) is 5.66. The summed E-state index contributed by atoms with van der Waals surface area (Å²) in [6, 6.07) is 36.0. The lowest BCUT2D eigenvalue weighted by molar-refractivity contribution is 1.22. The molecule has 3 nitrogen and oxygen atoms in total. The van der Waals surface area contributed by atoms with E-state index in [2.05, 4.69) is 76.7 Å². The summed E-state index contributed by atoms with van der Waals surface area (Å²) < 4.78 is 0. The summed E-state index contributed by atoms with van der Waals surface area (Å²) in [7, 11) is 0. The molecule has 0 spiro atoms. The van der Waals surface area contributed by atoms with Gasteiger partial charge < -0.3 is 0 Å². The van der Waals surface area contributed by atoms with E-state index in [1.165, 1.54) is 37.9 Å². The number of hydrogen-bond donors (Lipinski definition) is 0. The molecule has 34 heavy (non-hydrogen) atoms. The van der Waals surface area contributed by atoms with Gasteiger partial charge in [-0.3, -0.25) is 9.97 Å². The van der Waals surface area contributed by atoms with Crippen molar-refractivity contribution >= 4 is 32.3 Å². The molecule has 0 amide bonds. The van der Waals surface area contributed by atoms with Gasteiger partial charge in [0.15, 0.2) is 0 Å². The van der Waals surface area contributed by atoms with Crippen LogP contribution in [0.4, 0.5) is 0 Å². The van der Waals surface area contributed by atoms with E-state index in [1.54, 1.807) is 12.4 Å². The summed E-state index contributed by atoms with van der Waals surface area (Å²) in [6.45, 7) is 0. The Morgan fingerprint density at radius 3 is 1.65 bits per heavy atom. The average Bonchev–Trinajstić information content (AvgIpc) is 2.92. The Balaban J connectivity index is 1.54. The van der Waals surface area contributed by atoms with Crippen molar-refractivity contribution in [2.24, 2.45) is 0 Å². The smallest absolute Gasteiger partial charge is 0.0900 e. The van der Waals surface area contributed by atoms with Crippen LogP contribution in [0.3, 0.4) is 0 Å². The number of pyridine rings is 3. The van der Waals surface area contributed by atoms with Crippen LogP contribution in [0.1, 0.15) is 0 Å². The second-order valence-electron chi connectivity index (χ2n) is 8.53. The third-order valence-corrected chi connectivity index (χ3v) is 6.52. The molecule has 0 fully saturated rings. The summed E-state index contributed by atoms with van der Waals surface area (Å²) >= 11 is 0. The molecule has 0 unspecified atom stereocenters. The Morgan fingerprint density at radius 2 is 1.03 bits per heavy atom. The van der Waals surface area contributed by atoms with Crippen molar-refractivity contribution in [1.29, 1.82) is 0 Å². The van der Waals surface area contributed by atoms with Gasteiger partial charge in [-0.1, -0.05) is 66.7 Å². The first kappa shape index (κ1) is 18.9. The van der Waals surface area contributed by atoms with Crippen LogP contribution in [0.25, 0.3) is 66.2 Å². The maximum absolute atomic E-state index is 4.94. The van der Waals surface area contributed by atoms with E-state index >= 15 is 0 Å². The van der Waals surface area contributed by atoms with E-state index in [9.17, 15) is 0 Å². The van der Waals surface area contributed by atoms with Gasteiger partial charge in [0.25, 0.3) is 0 Å². The third kappa shape index (κ3) is 2.95. The predicted molar refractivity (Wildman–Crippen MR) is 140 cm³/mol. The quantitative estimate of drug-likeness (QED) is 0.267. The topological polar surface area (TPSA) is 38.7 Å². The Hall–Kier alpha value is -4.63. The largest absolute Gasteiger partial charge is 0.255 e. The normalized spacial score (nSPS) is 11.5. The number of aromatic nitrogens is 3. The van der Waals surface area contributed by atoms with Crippen LogP contribution in [0, 0.1) is 0 Å². The summed E-state index contributed by atoms with van der Waals surface area (Å²) in [4.78, 5) is 14.1. The molecular formula is C31H19N3. The number of nitrogens with zero attached hydrogens (tertiary/aromatic N) is 3. The van der Waals surface area contributed by atoms with E-state index in [4.69, 9.17) is 4.98 Å². The first-order valence-corrected chi connectivity index (χ1v) is 11.4. The molecule has 3 heteroatoms. The van der Waals surface area contributed by atoms with Gasteiger partial charge in [0, 0.05) is 12.4 Å². The minimum atomic E-state index is 0.837. The van der Waals surface area contributed by atoms with Crippen molar-refractivity contribution in [2.75, 3.05) is 0 Å². The summed E-state index contributed by atoms with van der Waals surface area (Å²) in [5, 5.41) is 7.67. The number of hydrogen-bond acceptors (Lipinski definition) is 3. The van der Waals surface area contributed by atoms with Gasteiger partial charge in [0.05, 0.1) is 22.8 Å². The van der Waals surface area contributed by atoms with Crippen molar-refractivity contribution in [3.63, 3.8) is 0 Å². The van der Waals surface area contributed by atoms with E-state index in [-0.39, 0.29) is 0 Å². The van der Waals surface area contributed by atoms with E-state index in [0.717, 1.165) is 28.3 Å². The minimum absolute atomic E-state index is 0.837. The summed E-state index contributed by atoms with van der Waals surface area (Å²) in [6.07, 6.45) is 3.61. The molecule has 7 rings (SSSR count). The van der Waals surface area contributed by atoms with Crippen LogP contribution in [0.2, 0.25) is 0 Å². The van der Waals surface area contributed by atoms with Crippen molar-refractivity contribution in [2.45, 2.75) is 0 Å². The molecule has 0 N–H and O–H groups in total. The van der Waals surface area contributed by atoms with E-state index in [1.807, 2.05) is 36.4 Å². The molecule has 0 aliphatic rings. The minimum Gasteiger partial charge on any atom is -0.255 e. The Morgan fingerprint density at radius 1 is 0.441 bits per heavy atom. The molecule has 0 atom stereocenters. The van der Waals surface area contributed by atoms with Crippen molar-refractivity contribution in [3.05, 3.63) is 116 Å². The Bertz CT molecular complexity index is 1720. The number of benzene rings is 4. The number of rotatable bonds is 3. The van der Waals surface area contributed by atoms with Crippen LogP contribution < -0.4 is 0 Å². The highest BCUT2D eigenvalue weighted by atomic mass is 14.8. The monoisotopic (exact) mass is 433 g/mol. The molecular weight excluding hydrogens is 414 g/mol. The van der Waals surface area contributed by atoms with Crippen LogP contribution >= 0.6 is 0 Å². The van der Waals surface area contributed by atoms with E-state index in [0.29, 0.717) is 0 Å². The van der Waals surface area contributed by atoms with Gasteiger partial charge in [-0.05, 0) is 79.8 Å². The van der Waals surface area contributed by atoms with Gasteiger partial charge in [-0.25, -0.2) is 4.98 Å².